The van der Waals surface area contributed by atoms with Crippen LogP contribution in [-0.4, -0.2) is 21.7 Å². The highest BCUT2D eigenvalue weighted by Gasteiger charge is 2.23. The van der Waals surface area contributed by atoms with Crippen LogP contribution in [0.25, 0.3) is 0 Å². The zero-order valence-corrected chi connectivity index (χ0v) is 15.2. The Morgan fingerprint density at radius 2 is 1.23 bits per heavy atom. The number of benzene rings is 3. The zero-order chi connectivity index (χ0) is 21.7. The monoisotopic (exact) mass is 407 g/mol. The first-order valence-electron chi connectivity index (χ1n) is 8.48. The number of carbonyl (C=O) groups excluding carboxylic acids is 2. The van der Waals surface area contributed by atoms with Crippen LogP contribution in [0.3, 0.4) is 0 Å². The van der Waals surface area contributed by atoms with Crippen LogP contribution in [0, 0.1) is 20.2 Å². The number of para-hydroxylation sites is 4. The third kappa shape index (κ3) is 4.28. The lowest BCUT2D eigenvalue weighted by molar-refractivity contribution is -0.385. The summed E-state index contributed by atoms with van der Waals surface area (Å²) in [5.41, 5.74) is -1.19. The van der Waals surface area contributed by atoms with E-state index in [4.69, 9.17) is 4.74 Å². The van der Waals surface area contributed by atoms with Crippen LogP contribution in [-0.2, 0) is 0 Å². The summed E-state index contributed by atoms with van der Waals surface area (Å²) in [6.45, 7) is 0. The molecule has 3 rings (SSSR count). The normalized spacial score (nSPS) is 10.1. The van der Waals surface area contributed by atoms with Crippen LogP contribution in [0.2, 0.25) is 0 Å². The Morgan fingerprint density at radius 1 is 0.733 bits per heavy atom. The molecule has 30 heavy (non-hydrogen) atoms. The van der Waals surface area contributed by atoms with E-state index in [1.165, 1.54) is 66.7 Å². The predicted octanol–water partition coefficient (Wildman–Crippen LogP) is 3.97. The lowest BCUT2D eigenvalue weighted by Gasteiger charge is -2.11. The number of nitro groups is 2. The van der Waals surface area contributed by atoms with Gasteiger partial charge in [0.15, 0.2) is 5.75 Å². The molecule has 0 aliphatic heterocycles. The Bertz CT molecular complexity index is 1070. The second-order valence-electron chi connectivity index (χ2n) is 5.89. The van der Waals surface area contributed by atoms with Crippen LogP contribution in [0.15, 0.2) is 72.8 Å². The van der Waals surface area contributed by atoms with E-state index < -0.39 is 27.4 Å². The lowest BCUT2D eigenvalue weighted by atomic mass is 10.1. The number of esters is 1. The molecule has 10 heteroatoms. The summed E-state index contributed by atoms with van der Waals surface area (Å²) in [6.07, 6.45) is 0. The molecule has 0 spiro atoms. The summed E-state index contributed by atoms with van der Waals surface area (Å²) in [6, 6.07) is 16.5. The smallest absolute Gasteiger partial charge is 0.350 e. The van der Waals surface area contributed by atoms with E-state index in [0.29, 0.717) is 0 Å². The molecule has 10 nitrogen and oxygen atoms in total. The van der Waals surface area contributed by atoms with Gasteiger partial charge in [0, 0.05) is 12.1 Å². The SMILES string of the molecule is O=C(Nc1ccccc1OC(=O)c1ccccc1[N+](=O)[O-])c1ccccc1[N+](=O)[O-]. The maximum atomic E-state index is 12.5. The summed E-state index contributed by atoms with van der Waals surface area (Å²) in [4.78, 5) is 45.9. The van der Waals surface area contributed by atoms with Gasteiger partial charge in [-0.1, -0.05) is 36.4 Å². The van der Waals surface area contributed by atoms with E-state index in [2.05, 4.69) is 5.32 Å². The average Bonchev–Trinajstić information content (AvgIpc) is 2.75. The maximum Gasteiger partial charge on any atom is 0.350 e. The summed E-state index contributed by atoms with van der Waals surface area (Å²) >= 11 is 0. The van der Waals surface area contributed by atoms with E-state index in [0.717, 1.165) is 0 Å². The lowest BCUT2D eigenvalue weighted by Crippen LogP contribution is -2.16. The molecule has 0 atom stereocenters. The van der Waals surface area contributed by atoms with Crippen molar-refractivity contribution in [2.24, 2.45) is 0 Å². The summed E-state index contributed by atoms with van der Waals surface area (Å²) < 4.78 is 5.24. The highest BCUT2D eigenvalue weighted by Crippen LogP contribution is 2.28. The number of anilines is 1. The first-order valence-corrected chi connectivity index (χ1v) is 8.48. The fourth-order valence-electron chi connectivity index (χ4n) is 2.63. The van der Waals surface area contributed by atoms with Crippen molar-refractivity contribution in [2.45, 2.75) is 0 Å². The molecule has 3 aromatic carbocycles. The van der Waals surface area contributed by atoms with Gasteiger partial charge in [-0.25, -0.2) is 4.79 Å². The molecule has 0 saturated carbocycles. The van der Waals surface area contributed by atoms with Crippen LogP contribution < -0.4 is 10.1 Å². The fourth-order valence-corrected chi connectivity index (χ4v) is 2.63. The highest BCUT2D eigenvalue weighted by molar-refractivity contribution is 6.08. The standard InChI is InChI=1S/C20H13N3O7/c24-19(13-7-1-4-10-16(13)22(26)27)21-15-9-3-6-12-18(15)30-20(25)14-8-2-5-11-17(14)23(28)29/h1-12H,(H,21,24). The summed E-state index contributed by atoms with van der Waals surface area (Å²) in [5, 5.41) is 24.7. The Labute approximate surface area is 169 Å². The number of rotatable bonds is 6. The maximum absolute atomic E-state index is 12.5. The number of carbonyl (C=O) groups is 2. The molecule has 0 aliphatic carbocycles. The Morgan fingerprint density at radius 3 is 1.87 bits per heavy atom. The quantitative estimate of drug-likeness (QED) is 0.282. The van der Waals surface area contributed by atoms with Crippen molar-refractivity contribution in [2.75, 3.05) is 5.32 Å². The second-order valence-corrected chi connectivity index (χ2v) is 5.89. The molecule has 0 fully saturated rings. The first kappa shape index (κ1) is 20.1. The number of amides is 1. The molecule has 0 radical (unpaired) electrons. The number of hydrogen-bond donors (Lipinski definition) is 1. The zero-order valence-electron chi connectivity index (χ0n) is 15.2. The van der Waals surface area contributed by atoms with Gasteiger partial charge in [0.2, 0.25) is 0 Å². The van der Waals surface area contributed by atoms with Crippen molar-refractivity contribution in [1.82, 2.24) is 0 Å². The van der Waals surface area contributed by atoms with E-state index in [1.807, 2.05) is 0 Å². The average molecular weight is 407 g/mol. The molecule has 0 aromatic heterocycles. The molecule has 0 aliphatic rings. The van der Waals surface area contributed by atoms with E-state index >= 15 is 0 Å². The van der Waals surface area contributed by atoms with Gasteiger partial charge < -0.3 is 10.1 Å². The van der Waals surface area contributed by atoms with Crippen molar-refractivity contribution < 1.29 is 24.2 Å². The molecule has 0 saturated heterocycles. The van der Waals surface area contributed by atoms with E-state index in [9.17, 15) is 29.8 Å². The third-order valence-corrected chi connectivity index (χ3v) is 4.00. The fraction of sp³-hybridized carbons (Fsp3) is 0. The number of nitro benzene ring substituents is 2. The van der Waals surface area contributed by atoms with Gasteiger partial charge in [-0.05, 0) is 24.3 Å². The first-order chi connectivity index (χ1) is 14.4. The largest absolute Gasteiger partial charge is 0.421 e. The van der Waals surface area contributed by atoms with Gasteiger partial charge >= 0.3 is 5.97 Å². The van der Waals surface area contributed by atoms with Gasteiger partial charge in [-0.2, -0.15) is 0 Å². The molecular weight excluding hydrogens is 394 g/mol. The molecule has 150 valence electrons. The van der Waals surface area contributed by atoms with Crippen molar-refractivity contribution in [1.29, 1.82) is 0 Å². The van der Waals surface area contributed by atoms with Gasteiger partial charge in [0.05, 0.1) is 15.5 Å². The van der Waals surface area contributed by atoms with Gasteiger partial charge in [-0.15, -0.1) is 0 Å². The van der Waals surface area contributed by atoms with Crippen LogP contribution in [0.5, 0.6) is 5.75 Å². The van der Waals surface area contributed by atoms with Crippen LogP contribution in [0.4, 0.5) is 17.1 Å². The van der Waals surface area contributed by atoms with Gasteiger partial charge in [-0.3, -0.25) is 25.0 Å². The molecule has 1 amide bonds. The summed E-state index contributed by atoms with van der Waals surface area (Å²) in [7, 11) is 0. The van der Waals surface area contributed by atoms with Crippen molar-refractivity contribution in [3.8, 4) is 5.75 Å². The number of hydrogen-bond acceptors (Lipinski definition) is 7. The molecular formula is C20H13N3O7. The third-order valence-electron chi connectivity index (χ3n) is 4.00. The molecule has 0 unspecified atom stereocenters. The predicted molar refractivity (Wildman–Crippen MR) is 106 cm³/mol. The molecule has 1 N–H and O–H groups in total. The molecule has 3 aromatic rings. The Balaban J connectivity index is 1.87. The Kier molecular flexibility index (Phi) is 5.78. The van der Waals surface area contributed by atoms with E-state index in [1.54, 1.807) is 6.07 Å². The summed E-state index contributed by atoms with van der Waals surface area (Å²) in [5.74, 6) is -1.85. The molecule has 0 heterocycles. The number of ether oxygens (including phenoxy) is 1. The van der Waals surface area contributed by atoms with Gasteiger partial charge in [0.1, 0.15) is 11.1 Å². The minimum atomic E-state index is -0.991. The van der Waals surface area contributed by atoms with Crippen molar-refractivity contribution in [3.05, 3.63) is 104 Å². The van der Waals surface area contributed by atoms with Gasteiger partial charge in [0.25, 0.3) is 17.3 Å². The van der Waals surface area contributed by atoms with Crippen LogP contribution >= 0.6 is 0 Å². The minimum absolute atomic E-state index is 0.0626. The Hall–Kier alpha value is -4.60. The number of nitrogens with one attached hydrogen (secondary N) is 1. The van der Waals surface area contributed by atoms with Crippen molar-refractivity contribution >= 4 is 28.9 Å². The number of nitrogens with zero attached hydrogens (tertiary/aromatic N) is 2. The topological polar surface area (TPSA) is 142 Å². The van der Waals surface area contributed by atoms with Crippen molar-refractivity contribution in [3.63, 3.8) is 0 Å². The van der Waals surface area contributed by atoms with E-state index in [-0.39, 0.29) is 28.3 Å². The van der Waals surface area contributed by atoms with Crippen LogP contribution in [0.1, 0.15) is 20.7 Å². The highest BCUT2D eigenvalue weighted by atomic mass is 16.6. The molecule has 0 bridgehead atoms. The second kappa shape index (κ2) is 8.61. The minimum Gasteiger partial charge on any atom is -0.421 e.